The van der Waals surface area contributed by atoms with Crippen molar-refractivity contribution < 1.29 is 0 Å². The summed E-state index contributed by atoms with van der Waals surface area (Å²) in [5.41, 5.74) is 13.4. The van der Waals surface area contributed by atoms with Gasteiger partial charge in [0.1, 0.15) is 0 Å². The van der Waals surface area contributed by atoms with Gasteiger partial charge in [0.2, 0.25) is 11.4 Å². The first-order valence-electron chi connectivity index (χ1n) is 16.2. The third kappa shape index (κ3) is 4.87. The van der Waals surface area contributed by atoms with E-state index in [1.165, 1.54) is 39.5 Å². The van der Waals surface area contributed by atoms with Crippen molar-refractivity contribution in [1.82, 2.24) is 4.58 Å². The van der Waals surface area contributed by atoms with E-state index < -0.39 is 0 Å². The molecule has 3 heteroatoms. The van der Waals surface area contributed by atoms with Crippen molar-refractivity contribution in [1.29, 1.82) is 0 Å². The quantitative estimate of drug-likeness (QED) is 0.179. The Hall–Kier alpha value is -5.15. The van der Waals surface area contributed by atoms with Crippen molar-refractivity contribution in [2.45, 2.75) is 45.4 Å². The number of allylic oxidation sites excluding steroid dienone is 4. The van der Waals surface area contributed by atoms with Crippen LogP contribution in [0, 0.1) is 6.92 Å². The van der Waals surface area contributed by atoms with Gasteiger partial charge in [0.25, 0.3) is 0 Å². The number of aryl methyl sites for hydroxylation is 1. The molecule has 2 heterocycles. The van der Waals surface area contributed by atoms with Gasteiger partial charge in [-0.25, -0.2) is 0 Å². The Morgan fingerprint density at radius 1 is 0.630 bits per heavy atom. The SMILES string of the molecule is Cc1ccc2c(c1)C(C)(C)C(/C=C/C=C1/N(C)c3ccccc3C1(C)C)=[N+]2c1ccc(N(c2ccccc2)c2ccccc2)cc1. The summed E-state index contributed by atoms with van der Waals surface area (Å²) in [5.74, 6) is 0. The zero-order valence-electron chi connectivity index (χ0n) is 27.7. The van der Waals surface area contributed by atoms with Gasteiger partial charge < -0.3 is 9.80 Å². The van der Waals surface area contributed by atoms with Gasteiger partial charge in [-0.1, -0.05) is 86.2 Å². The molecule has 46 heavy (non-hydrogen) atoms. The molecule has 0 saturated heterocycles. The number of likely N-dealkylation sites (N-methyl/N-ethyl adjacent to an activating group) is 1. The van der Waals surface area contributed by atoms with E-state index in [0.717, 1.165) is 22.7 Å². The van der Waals surface area contributed by atoms with E-state index in [9.17, 15) is 0 Å². The van der Waals surface area contributed by atoms with Crippen LogP contribution in [-0.4, -0.2) is 12.8 Å². The summed E-state index contributed by atoms with van der Waals surface area (Å²) >= 11 is 0. The van der Waals surface area contributed by atoms with Crippen LogP contribution in [0.4, 0.5) is 34.1 Å². The van der Waals surface area contributed by atoms with E-state index in [0.29, 0.717) is 0 Å². The monoisotopic (exact) mass is 600 g/mol. The second-order valence-corrected chi connectivity index (χ2v) is 13.5. The lowest BCUT2D eigenvalue weighted by molar-refractivity contribution is 0.640. The summed E-state index contributed by atoms with van der Waals surface area (Å²) in [6.07, 6.45) is 6.88. The molecule has 0 radical (unpaired) electrons. The lowest BCUT2D eigenvalue weighted by atomic mass is 9.80. The van der Waals surface area contributed by atoms with Crippen molar-refractivity contribution in [3.8, 4) is 0 Å². The first kappa shape index (κ1) is 29.6. The molecule has 0 N–H and O–H groups in total. The van der Waals surface area contributed by atoms with Crippen LogP contribution in [-0.2, 0) is 10.8 Å². The molecule has 0 aliphatic carbocycles. The maximum absolute atomic E-state index is 2.45. The normalized spacial score (nSPS) is 17.1. The standard InChI is InChI=1S/C43H42N3/c1-31-24-29-39-37(30-31)43(4,5)41(23-15-22-40-42(2,3)36-20-13-14-21-38(36)44(40)6)46(39)35-27-25-34(26-28-35)45(32-16-9-7-10-17-32)33-18-11-8-12-19-33/h7-30H,1-6H3/q+1. The first-order valence-corrected chi connectivity index (χ1v) is 16.2. The second kappa shape index (κ2) is 11.3. The fourth-order valence-corrected chi connectivity index (χ4v) is 7.34. The summed E-state index contributed by atoms with van der Waals surface area (Å²) in [7, 11) is 2.18. The number of anilines is 4. The largest absolute Gasteiger partial charge is 0.347 e. The number of fused-ring (bicyclic) bond motifs is 2. The van der Waals surface area contributed by atoms with Gasteiger partial charge in [-0.2, -0.15) is 4.58 Å². The number of nitrogens with zero attached hydrogens (tertiary/aromatic N) is 3. The molecule has 0 fully saturated rings. The topological polar surface area (TPSA) is 9.49 Å². The molecule has 0 spiro atoms. The Bertz CT molecular complexity index is 1960. The highest BCUT2D eigenvalue weighted by Gasteiger charge is 2.45. The van der Waals surface area contributed by atoms with Crippen LogP contribution in [0.2, 0.25) is 0 Å². The summed E-state index contributed by atoms with van der Waals surface area (Å²) < 4.78 is 2.45. The van der Waals surface area contributed by atoms with Crippen molar-refractivity contribution in [3.63, 3.8) is 0 Å². The minimum absolute atomic E-state index is 0.0650. The summed E-state index contributed by atoms with van der Waals surface area (Å²) in [5, 5.41) is 0. The van der Waals surface area contributed by atoms with Crippen LogP contribution in [0.25, 0.3) is 0 Å². The average molecular weight is 601 g/mol. The highest BCUT2D eigenvalue weighted by Crippen LogP contribution is 2.47. The molecule has 0 bridgehead atoms. The predicted molar refractivity (Wildman–Crippen MR) is 197 cm³/mol. The third-order valence-corrected chi connectivity index (χ3v) is 9.79. The molecule has 0 saturated carbocycles. The second-order valence-electron chi connectivity index (χ2n) is 13.5. The van der Waals surface area contributed by atoms with Crippen LogP contribution in [0.1, 0.15) is 44.4 Å². The average Bonchev–Trinajstić information content (AvgIpc) is 3.40. The van der Waals surface area contributed by atoms with Crippen LogP contribution in [0.5, 0.6) is 0 Å². The van der Waals surface area contributed by atoms with E-state index in [-0.39, 0.29) is 10.8 Å². The molecular formula is C43H42N3+. The maximum Gasteiger partial charge on any atom is 0.215 e. The fourth-order valence-electron chi connectivity index (χ4n) is 7.34. The Morgan fingerprint density at radius 2 is 1.22 bits per heavy atom. The minimum atomic E-state index is -0.171. The number of hydrogen-bond donors (Lipinski definition) is 0. The van der Waals surface area contributed by atoms with Gasteiger partial charge in [-0.15, -0.1) is 0 Å². The molecule has 5 aromatic rings. The summed E-state index contributed by atoms with van der Waals surface area (Å²) in [6.45, 7) is 11.5. The van der Waals surface area contributed by atoms with Crippen molar-refractivity contribution in [2.24, 2.45) is 0 Å². The van der Waals surface area contributed by atoms with E-state index in [1.807, 2.05) is 0 Å². The lowest BCUT2D eigenvalue weighted by Crippen LogP contribution is -2.27. The van der Waals surface area contributed by atoms with E-state index in [2.05, 4.69) is 202 Å². The van der Waals surface area contributed by atoms with Crippen LogP contribution in [0.3, 0.4) is 0 Å². The molecule has 0 amide bonds. The Morgan fingerprint density at radius 3 is 1.85 bits per heavy atom. The molecule has 0 unspecified atom stereocenters. The molecule has 2 aliphatic rings. The van der Waals surface area contributed by atoms with E-state index in [4.69, 9.17) is 0 Å². The molecule has 0 aromatic heterocycles. The molecule has 3 nitrogen and oxygen atoms in total. The zero-order valence-corrected chi connectivity index (χ0v) is 27.7. The number of hydrogen-bond acceptors (Lipinski definition) is 2. The number of para-hydroxylation sites is 3. The Labute approximate surface area is 274 Å². The maximum atomic E-state index is 2.45. The molecule has 0 atom stereocenters. The van der Waals surface area contributed by atoms with Gasteiger partial charge in [-0.05, 0) is 80.9 Å². The molecule has 7 rings (SSSR count). The van der Waals surface area contributed by atoms with Gasteiger partial charge in [-0.3, -0.25) is 0 Å². The van der Waals surface area contributed by atoms with Crippen molar-refractivity contribution in [2.75, 3.05) is 16.8 Å². The number of benzene rings is 5. The molecule has 228 valence electrons. The smallest absolute Gasteiger partial charge is 0.215 e. The van der Waals surface area contributed by atoms with Crippen LogP contribution < -0.4 is 14.4 Å². The van der Waals surface area contributed by atoms with Crippen molar-refractivity contribution >= 4 is 39.8 Å². The Balaban J connectivity index is 1.32. The fraction of sp³-hybridized carbons (Fsp3) is 0.186. The molecule has 2 aliphatic heterocycles. The van der Waals surface area contributed by atoms with Gasteiger partial charge in [0, 0.05) is 70.7 Å². The zero-order chi connectivity index (χ0) is 32.1. The number of rotatable bonds is 6. The van der Waals surface area contributed by atoms with Crippen molar-refractivity contribution in [3.05, 3.63) is 168 Å². The predicted octanol–water partition coefficient (Wildman–Crippen LogP) is 10.9. The summed E-state index contributed by atoms with van der Waals surface area (Å²) in [6, 6.07) is 45.8. The van der Waals surface area contributed by atoms with E-state index in [1.54, 1.807) is 0 Å². The van der Waals surface area contributed by atoms with Crippen LogP contribution >= 0.6 is 0 Å². The van der Waals surface area contributed by atoms with Gasteiger partial charge >= 0.3 is 0 Å². The minimum Gasteiger partial charge on any atom is -0.347 e. The lowest BCUT2D eigenvalue weighted by Gasteiger charge is -2.25. The van der Waals surface area contributed by atoms with Gasteiger partial charge in [0.05, 0.1) is 5.41 Å². The highest BCUT2D eigenvalue weighted by atomic mass is 15.2. The molecular weight excluding hydrogens is 558 g/mol. The first-order chi connectivity index (χ1) is 22.2. The third-order valence-electron chi connectivity index (χ3n) is 9.79. The Kier molecular flexibility index (Phi) is 7.28. The van der Waals surface area contributed by atoms with Crippen LogP contribution in [0.15, 0.2) is 151 Å². The molecule has 5 aromatic carbocycles. The summed E-state index contributed by atoms with van der Waals surface area (Å²) in [4.78, 5) is 4.65. The van der Waals surface area contributed by atoms with E-state index >= 15 is 0 Å². The highest BCUT2D eigenvalue weighted by molar-refractivity contribution is 6.10. The van der Waals surface area contributed by atoms with Gasteiger partial charge in [0.15, 0.2) is 5.71 Å².